The molecule has 1 aromatic carbocycles. The molecule has 1 aliphatic rings. The second-order valence-electron chi connectivity index (χ2n) is 10.5. The van der Waals surface area contributed by atoms with E-state index in [1.165, 1.54) is 10.9 Å². The SMILES string of the molecule is C=CCn1c(=O)c2cnc(Nc3cc(N4CCN(C)CC4)c4ncsc4c3)nc2n1-c1cccc(C(C)(C)O)n1. The molecule has 0 radical (unpaired) electrons. The van der Waals surface area contributed by atoms with E-state index in [-0.39, 0.29) is 12.1 Å². The molecular weight excluding hydrogens is 526 g/mol. The number of likely N-dealkylation sites (N-methyl/N-ethyl adjacent to an activating group) is 1. The quantitative estimate of drug-likeness (QED) is 0.290. The van der Waals surface area contributed by atoms with E-state index in [0.29, 0.717) is 28.5 Å². The Bertz CT molecular complexity index is 1770. The molecule has 206 valence electrons. The van der Waals surface area contributed by atoms with E-state index in [0.717, 1.165) is 47.8 Å². The fourth-order valence-electron chi connectivity index (χ4n) is 4.93. The Morgan fingerprint density at radius 1 is 1.15 bits per heavy atom. The maximum Gasteiger partial charge on any atom is 0.278 e. The Balaban J connectivity index is 1.44. The summed E-state index contributed by atoms with van der Waals surface area (Å²) in [5.41, 5.74) is 4.26. The molecule has 0 unspecified atom stereocenters. The first kappa shape index (κ1) is 26.1. The van der Waals surface area contributed by atoms with Gasteiger partial charge in [0.2, 0.25) is 5.95 Å². The summed E-state index contributed by atoms with van der Waals surface area (Å²) in [4.78, 5) is 36.6. The Morgan fingerprint density at radius 2 is 1.95 bits per heavy atom. The van der Waals surface area contributed by atoms with Crippen molar-refractivity contribution in [3.8, 4) is 5.82 Å². The molecule has 11 nitrogen and oxygen atoms in total. The zero-order chi connectivity index (χ0) is 28.0. The van der Waals surface area contributed by atoms with Gasteiger partial charge >= 0.3 is 0 Å². The first-order valence-corrected chi connectivity index (χ1v) is 14.0. The topological polar surface area (TPSA) is 117 Å². The van der Waals surface area contributed by atoms with Gasteiger partial charge in [-0.25, -0.2) is 24.3 Å². The lowest BCUT2D eigenvalue weighted by Gasteiger charge is -2.34. The van der Waals surface area contributed by atoms with Crippen LogP contribution in [-0.2, 0) is 12.1 Å². The third kappa shape index (κ3) is 4.74. The van der Waals surface area contributed by atoms with E-state index in [9.17, 15) is 9.90 Å². The van der Waals surface area contributed by atoms with Crippen LogP contribution in [0.3, 0.4) is 0 Å². The number of nitrogens with one attached hydrogen (secondary N) is 1. The fourth-order valence-corrected chi connectivity index (χ4v) is 5.66. The average Bonchev–Trinajstić information content (AvgIpc) is 3.51. The van der Waals surface area contributed by atoms with Crippen LogP contribution in [-0.4, -0.2) is 72.5 Å². The lowest BCUT2D eigenvalue weighted by atomic mass is 10.1. The van der Waals surface area contributed by atoms with E-state index >= 15 is 0 Å². The molecule has 4 aromatic heterocycles. The van der Waals surface area contributed by atoms with Gasteiger partial charge in [-0.05, 0) is 45.2 Å². The smallest absolute Gasteiger partial charge is 0.278 e. The predicted molar refractivity (Wildman–Crippen MR) is 159 cm³/mol. The number of aromatic nitrogens is 6. The maximum absolute atomic E-state index is 13.3. The molecular formula is C28H31N9O2S. The van der Waals surface area contributed by atoms with Gasteiger partial charge in [-0.1, -0.05) is 12.1 Å². The van der Waals surface area contributed by atoms with Gasteiger partial charge in [0.15, 0.2) is 11.5 Å². The van der Waals surface area contributed by atoms with Crippen LogP contribution in [0.1, 0.15) is 19.5 Å². The van der Waals surface area contributed by atoms with E-state index in [2.05, 4.69) is 49.8 Å². The van der Waals surface area contributed by atoms with Gasteiger partial charge in [0, 0.05) is 38.1 Å². The highest BCUT2D eigenvalue weighted by Gasteiger charge is 2.23. The Labute approximate surface area is 235 Å². The lowest BCUT2D eigenvalue weighted by Crippen LogP contribution is -2.44. The first-order valence-electron chi connectivity index (χ1n) is 13.1. The molecule has 0 aliphatic carbocycles. The monoisotopic (exact) mass is 557 g/mol. The van der Waals surface area contributed by atoms with Crippen LogP contribution in [0.15, 0.2) is 59.5 Å². The molecule has 40 heavy (non-hydrogen) atoms. The summed E-state index contributed by atoms with van der Waals surface area (Å²) in [6.45, 7) is 11.2. The summed E-state index contributed by atoms with van der Waals surface area (Å²) in [7, 11) is 2.14. The molecule has 1 aliphatic heterocycles. The van der Waals surface area contributed by atoms with Crippen LogP contribution in [0.25, 0.3) is 27.1 Å². The molecule has 0 saturated carbocycles. The molecule has 12 heteroatoms. The summed E-state index contributed by atoms with van der Waals surface area (Å²) in [5.74, 6) is 0.811. The molecule has 0 atom stereocenters. The predicted octanol–water partition coefficient (Wildman–Crippen LogP) is 3.50. The Kier molecular flexibility index (Phi) is 6.61. The highest BCUT2D eigenvalue weighted by molar-refractivity contribution is 7.16. The number of allylic oxidation sites excluding steroid dienone is 1. The number of aliphatic hydroxyl groups is 1. The van der Waals surface area contributed by atoms with Crippen LogP contribution >= 0.6 is 11.3 Å². The number of thiazole rings is 1. The fraction of sp³-hybridized carbons (Fsp3) is 0.321. The van der Waals surface area contributed by atoms with Crippen LogP contribution in [0.4, 0.5) is 17.3 Å². The minimum Gasteiger partial charge on any atom is -0.384 e. The number of nitrogens with zero attached hydrogens (tertiary/aromatic N) is 8. The molecule has 5 aromatic rings. The zero-order valence-corrected chi connectivity index (χ0v) is 23.5. The average molecular weight is 558 g/mol. The molecule has 1 saturated heterocycles. The van der Waals surface area contributed by atoms with Gasteiger partial charge in [-0.2, -0.15) is 4.98 Å². The summed E-state index contributed by atoms with van der Waals surface area (Å²) in [5, 5.41) is 14.3. The van der Waals surface area contributed by atoms with Crippen LogP contribution in [0, 0.1) is 0 Å². The third-order valence-electron chi connectivity index (χ3n) is 7.07. The first-order chi connectivity index (χ1) is 19.2. The molecule has 6 rings (SSSR count). The zero-order valence-electron chi connectivity index (χ0n) is 22.7. The van der Waals surface area contributed by atoms with Crippen molar-refractivity contribution in [2.75, 3.05) is 43.4 Å². The van der Waals surface area contributed by atoms with Crippen LogP contribution in [0.2, 0.25) is 0 Å². The van der Waals surface area contributed by atoms with Gasteiger partial charge in [-0.15, -0.1) is 17.9 Å². The highest BCUT2D eigenvalue weighted by Crippen LogP contribution is 2.34. The number of rotatable bonds is 7. The number of piperazine rings is 1. The van der Waals surface area contributed by atoms with Gasteiger partial charge in [0.05, 0.1) is 28.1 Å². The highest BCUT2D eigenvalue weighted by atomic mass is 32.1. The summed E-state index contributed by atoms with van der Waals surface area (Å²) < 4.78 is 4.24. The van der Waals surface area contributed by atoms with Gasteiger partial charge in [0.1, 0.15) is 16.5 Å². The van der Waals surface area contributed by atoms with Crippen molar-refractivity contribution >= 4 is 49.9 Å². The molecule has 1 fully saturated rings. The third-order valence-corrected chi connectivity index (χ3v) is 7.85. The molecule has 2 N–H and O–H groups in total. The summed E-state index contributed by atoms with van der Waals surface area (Å²) in [6.07, 6.45) is 3.18. The van der Waals surface area contributed by atoms with Crippen molar-refractivity contribution in [3.05, 3.63) is 70.7 Å². The van der Waals surface area contributed by atoms with Gasteiger partial charge in [0.25, 0.3) is 5.56 Å². The largest absolute Gasteiger partial charge is 0.384 e. The van der Waals surface area contributed by atoms with E-state index in [4.69, 9.17) is 4.98 Å². The van der Waals surface area contributed by atoms with Crippen molar-refractivity contribution < 1.29 is 5.11 Å². The maximum atomic E-state index is 13.3. The number of fused-ring (bicyclic) bond motifs is 2. The molecule has 0 spiro atoms. The normalized spacial score (nSPS) is 14.8. The van der Waals surface area contributed by atoms with Crippen molar-refractivity contribution in [3.63, 3.8) is 0 Å². The second-order valence-corrected chi connectivity index (χ2v) is 11.4. The molecule has 0 bridgehead atoms. The van der Waals surface area contributed by atoms with Crippen molar-refractivity contribution in [1.82, 2.24) is 34.2 Å². The van der Waals surface area contributed by atoms with E-state index in [1.54, 1.807) is 54.1 Å². The molecule has 0 amide bonds. The van der Waals surface area contributed by atoms with E-state index < -0.39 is 5.60 Å². The van der Waals surface area contributed by atoms with Gasteiger partial charge < -0.3 is 20.2 Å². The van der Waals surface area contributed by atoms with Crippen LogP contribution < -0.4 is 15.8 Å². The number of benzene rings is 1. The Morgan fingerprint density at radius 3 is 2.70 bits per heavy atom. The minimum absolute atomic E-state index is 0.250. The van der Waals surface area contributed by atoms with Crippen molar-refractivity contribution in [1.29, 1.82) is 0 Å². The van der Waals surface area contributed by atoms with Crippen molar-refractivity contribution in [2.24, 2.45) is 0 Å². The van der Waals surface area contributed by atoms with Gasteiger partial charge in [-0.3, -0.25) is 4.79 Å². The Hall–Kier alpha value is -4.13. The molecule has 5 heterocycles. The number of anilines is 3. The second kappa shape index (κ2) is 10.1. The van der Waals surface area contributed by atoms with Crippen molar-refractivity contribution in [2.45, 2.75) is 26.0 Å². The summed E-state index contributed by atoms with van der Waals surface area (Å²) >= 11 is 1.59. The standard InChI is InChI=1S/C28H31N9O2S/c1-5-9-36-26(38)19-16-29-27(33-25(19)37(36)23-8-6-7-22(32-23)28(2,3)39)31-18-14-20(24-21(15-18)40-17-30-24)35-12-10-34(4)11-13-35/h5-8,14-17,39H,1,9-13H2,2-4H3,(H,29,31,33). The number of hydrogen-bond acceptors (Lipinski definition) is 10. The van der Waals surface area contributed by atoms with Crippen LogP contribution in [0.5, 0.6) is 0 Å². The lowest BCUT2D eigenvalue weighted by molar-refractivity contribution is 0.0738. The summed E-state index contributed by atoms with van der Waals surface area (Å²) in [6, 6.07) is 9.47. The number of hydrogen-bond donors (Lipinski definition) is 2. The van der Waals surface area contributed by atoms with E-state index in [1.807, 2.05) is 11.6 Å². The minimum atomic E-state index is -1.15. The number of pyridine rings is 1.